The SMILES string of the molecule is COC(=O)c1ccccc1Cn1nc(C)c(NC(=O)c2c([N+](=O)[O-])cnn2C)c1C. The van der Waals surface area contributed by atoms with Crippen LogP contribution in [0.4, 0.5) is 11.4 Å². The zero-order valence-electron chi connectivity index (χ0n) is 16.9. The molecule has 1 aromatic carbocycles. The Hall–Kier alpha value is -4.02. The summed E-state index contributed by atoms with van der Waals surface area (Å²) in [4.78, 5) is 35.2. The molecule has 11 heteroatoms. The van der Waals surface area contributed by atoms with Crippen LogP contribution >= 0.6 is 0 Å². The number of ether oxygens (including phenoxy) is 1. The average Bonchev–Trinajstić information content (AvgIpc) is 3.23. The lowest BCUT2D eigenvalue weighted by atomic mass is 10.1. The summed E-state index contributed by atoms with van der Waals surface area (Å²) in [6.45, 7) is 3.75. The maximum Gasteiger partial charge on any atom is 0.338 e. The molecule has 2 heterocycles. The highest BCUT2D eigenvalue weighted by molar-refractivity contribution is 6.06. The molecular weight excluding hydrogens is 392 g/mol. The maximum atomic E-state index is 12.7. The summed E-state index contributed by atoms with van der Waals surface area (Å²) in [5, 5.41) is 22.1. The predicted octanol–water partition coefficient (Wildman–Crippen LogP) is 2.23. The van der Waals surface area contributed by atoms with E-state index in [1.54, 1.807) is 42.8 Å². The number of hydrogen-bond acceptors (Lipinski definition) is 7. The van der Waals surface area contributed by atoms with Gasteiger partial charge in [-0.05, 0) is 25.5 Å². The van der Waals surface area contributed by atoms with Gasteiger partial charge in [0.25, 0.3) is 5.91 Å². The molecule has 0 fully saturated rings. The van der Waals surface area contributed by atoms with Crippen LogP contribution in [0.3, 0.4) is 0 Å². The molecule has 3 aromatic rings. The molecule has 0 saturated carbocycles. The first-order valence-corrected chi connectivity index (χ1v) is 8.92. The number of aromatic nitrogens is 4. The summed E-state index contributed by atoms with van der Waals surface area (Å²) < 4.78 is 7.61. The van der Waals surface area contributed by atoms with E-state index in [0.29, 0.717) is 28.2 Å². The van der Waals surface area contributed by atoms with Crippen molar-refractivity contribution in [3.8, 4) is 0 Å². The Morgan fingerprint density at radius 2 is 1.97 bits per heavy atom. The molecule has 2 aromatic heterocycles. The van der Waals surface area contributed by atoms with Crippen molar-refractivity contribution in [3.05, 3.63) is 68.8 Å². The number of anilines is 1. The highest BCUT2D eigenvalue weighted by atomic mass is 16.6. The first kappa shape index (κ1) is 20.7. The molecule has 3 rings (SSSR count). The van der Waals surface area contributed by atoms with Crippen molar-refractivity contribution in [3.63, 3.8) is 0 Å². The van der Waals surface area contributed by atoms with Gasteiger partial charge in [0.05, 0.1) is 41.2 Å². The molecule has 1 N–H and O–H groups in total. The molecule has 0 aliphatic heterocycles. The minimum Gasteiger partial charge on any atom is -0.465 e. The van der Waals surface area contributed by atoms with E-state index < -0.39 is 16.8 Å². The topological polar surface area (TPSA) is 134 Å². The van der Waals surface area contributed by atoms with Gasteiger partial charge in [0.1, 0.15) is 6.20 Å². The summed E-state index contributed by atoms with van der Waals surface area (Å²) in [5.41, 5.74) is 2.17. The molecule has 0 aliphatic rings. The van der Waals surface area contributed by atoms with Crippen LogP contribution in [0, 0.1) is 24.0 Å². The van der Waals surface area contributed by atoms with Crippen LogP contribution in [0.1, 0.15) is 37.8 Å². The van der Waals surface area contributed by atoms with Gasteiger partial charge in [-0.1, -0.05) is 18.2 Å². The Bertz CT molecular complexity index is 1150. The third-order valence-electron chi connectivity index (χ3n) is 4.69. The Morgan fingerprint density at radius 1 is 1.27 bits per heavy atom. The van der Waals surface area contributed by atoms with E-state index in [1.807, 2.05) is 0 Å². The third-order valence-corrected chi connectivity index (χ3v) is 4.69. The molecule has 0 bridgehead atoms. The number of nitrogens with zero attached hydrogens (tertiary/aromatic N) is 5. The smallest absolute Gasteiger partial charge is 0.338 e. The van der Waals surface area contributed by atoms with Crippen LogP contribution in [-0.4, -0.2) is 43.5 Å². The summed E-state index contributed by atoms with van der Waals surface area (Å²) in [5.74, 6) is -1.12. The molecule has 30 heavy (non-hydrogen) atoms. The zero-order chi connectivity index (χ0) is 22.0. The van der Waals surface area contributed by atoms with Gasteiger partial charge in [0, 0.05) is 7.05 Å². The minimum atomic E-state index is -0.664. The van der Waals surface area contributed by atoms with Gasteiger partial charge in [0.2, 0.25) is 5.69 Å². The van der Waals surface area contributed by atoms with E-state index in [1.165, 1.54) is 14.2 Å². The van der Waals surface area contributed by atoms with Gasteiger partial charge in [-0.15, -0.1) is 0 Å². The molecule has 0 unspecified atom stereocenters. The van der Waals surface area contributed by atoms with Crippen molar-refractivity contribution in [1.82, 2.24) is 19.6 Å². The van der Waals surface area contributed by atoms with Crippen molar-refractivity contribution >= 4 is 23.3 Å². The summed E-state index contributed by atoms with van der Waals surface area (Å²) >= 11 is 0. The standard InChI is InChI=1S/C19H20N6O5/c1-11-16(21-18(26)17-15(25(28)29)9-20-23(17)3)12(2)24(22-11)10-13-7-5-6-8-14(13)19(27)30-4/h5-9H,10H2,1-4H3,(H,21,26). The number of nitrogens with one attached hydrogen (secondary N) is 1. The van der Waals surface area contributed by atoms with Crippen molar-refractivity contribution in [1.29, 1.82) is 0 Å². The number of methoxy groups -OCH3 is 1. The number of carbonyl (C=O) groups is 2. The Morgan fingerprint density at radius 3 is 2.63 bits per heavy atom. The number of amides is 1. The molecule has 0 aliphatic carbocycles. The number of nitro groups is 1. The predicted molar refractivity (Wildman–Crippen MR) is 106 cm³/mol. The molecule has 0 atom stereocenters. The number of esters is 1. The average molecular weight is 412 g/mol. The number of carbonyl (C=O) groups excluding carboxylic acids is 2. The minimum absolute atomic E-state index is 0.164. The highest BCUT2D eigenvalue weighted by Crippen LogP contribution is 2.24. The fraction of sp³-hybridized carbons (Fsp3) is 0.263. The lowest BCUT2D eigenvalue weighted by Gasteiger charge is -2.10. The summed E-state index contributed by atoms with van der Waals surface area (Å²) in [7, 11) is 2.77. The van der Waals surface area contributed by atoms with E-state index in [9.17, 15) is 19.7 Å². The first-order valence-electron chi connectivity index (χ1n) is 8.92. The monoisotopic (exact) mass is 412 g/mol. The van der Waals surface area contributed by atoms with Crippen molar-refractivity contribution in [2.75, 3.05) is 12.4 Å². The van der Waals surface area contributed by atoms with Gasteiger partial charge in [0.15, 0.2) is 0 Å². The van der Waals surface area contributed by atoms with Gasteiger partial charge >= 0.3 is 11.7 Å². The molecule has 0 saturated heterocycles. The van der Waals surface area contributed by atoms with E-state index in [2.05, 4.69) is 15.5 Å². The molecular formula is C19H20N6O5. The maximum absolute atomic E-state index is 12.7. The number of hydrogen-bond donors (Lipinski definition) is 1. The second-order valence-electron chi connectivity index (χ2n) is 6.57. The zero-order valence-corrected chi connectivity index (χ0v) is 16.9. The van der Waals surface area contributed by atoms with Crippen LogP contribution in [0.15, 0.2) is 30.5 Å². The largest absolute Gasteiger partial charge is 0.465 e. The van der Waals surface area contributed by atoms with E-state index >= 15 is 0 Å². The van der Waals surface area contributed by atoms with Crippen molar-refractivity contribution in [2.45, 2.75) is 20.4 Å². The molecule has 0 radical (unpaired) electrons. The van der Waals surface area contributed by atoms with Gasteiger partial charge in [-0.25, -0.2) is 4.79 Å². The summed E-state index contributed by atoms with van der Waals surface area (Å²) in [6.07, 6.45) is 1.03. The van der Waals surface area contributed by atoms with Gasteiger partial charge < -0.3 is 10.1 Å². The van der Waals surface area contributed by atoms with Crippen LogP contribution in [-0.2, 0) is 18.3 Å². The van der Waals surface area contributed by atoms with Gasteiger partial charge in [-0.2, -0.15) is 10.2 Å². The lowest BCUT2D eigenvalue weighted by Crippen LogP contribution is -2.18. The van der Waals surface area contributed by atoms with Crippen LogP contribution in [0.2, 0.25) is 0 Å². The fourth-order valence-electron chi connectivity index (χ4n) is 3.16. The molecule has 0 spiro atoms. The second kappa shape index (κ2) is 8.15. The fourth-order valence-corrected chi connectivity index (χ4v) is 3.16. The van der Waals surface area contributed by atoms with Gasteiger partial charge in [-0.3, -0.25) is 24.3 Å². The highest BCUT2D eigenvalue weighted by Gasteiger charge is 2.27. The number of rotatable bonds is 6. The van der Waals surface area contributed by atoms with Crippen LogP contribution in [0.5, 0.6) is 0 Å². The van der Waals surface area contributed by atoms with E-state index in [-0.39, 0.29) is 17.9 Å². The normalized spacial score (nSPS) is 10.7. The van der Waals surface area contributed by atoms with E-state index in [0.717, 1.165) is 10.9 Å². The second-order valence-corrected chi connectivity index (χ2v) is 6.57. The van der Waals surface area contributed by atoms with Crippen molar-refractivity contribution < 1.29 is 19.2 Å². The van der Waals surface area contributed by atoms with Crippen molar-refractivity contribution in [2.24, 2.45) is 7.05 Å². The first-order chi connectivity index (χ1) is 14.2. The van der Waals surface area contributed by atoms with E-state index in [4.69, 9.17) is 4.74 Å². The number of benzene rings is 1. The Kier molecular flexibility index (Phi) is 5.63. The molecule has 156 valence electrons. The van der Waals surface area contributed by atoms with Crippen LogP contribution in [0.25, 0.3) is 0 Å². The molecule has 1 amide bonds. The molecule has 11 nitrogen and oxygen atoms in total. The Balaban J connectivity index is 1.91. The van der Waals surface area contributed by atoms with Crippen LogP contribution < -0.4 is 5.32 Å². The third kappa shape index (κ3) is 3.77. The quantitative estimate of drug-likeness (QED) is 0.373. The lowest BCUT2D eigenvalue weighted by molar-refractivity contribution is -0.385. The number of aryl methyl sites for hydroxylation is 2. The summed E-state index contributed by atoms with van der Waals surface area (Å²) in [6, 6.07) is 7.00. The Labute approximate surface area is 171 Å².